The fraction of sp³-hybridized carbons (Fsp3) is 0.462. The van der Waals surface area contributed by atoms with Crippen LogP contribution >= 0.6 is 0 Å². The molecule has 5 heteroatoms. The molecular formula is C26H32N2O3. The van der Waals surface area contributed by atoms with Gasteiger partial charge in [-0.15, -0.1) is 0 Å². The highest BCUT2D eigenvalue weighted by atomic mass is 16.5. The Morgan fingerprint density at radius 3 is 2.19 bits per heavy atom. The van der Waals surface area contributed by atoms with Gasteiger partial charge in [0, 0.05) is 32.6 Å². The van der Waals surface area contributed by atoms with E-state index in [2.05, 4.69) is 24.3 Å². The lowest BCUT2D eigenvalue weighted by atomic mass is 9.90. The second kappa shape index (κ2) is 9.99. The first-order valence-electron chi connectivity index (χ1n) is 11.4. The first kappa shape index (κ1) is 21.4. The van der Waals surface area contributed by atoms with Gasteiger partial charge in [-0.1, -0.05) is 42.5 Å². The van der Waals surface area contributed by atoms with Crippen LogP contribution in [0.3, 0.4) is 0 Å². The summed E-state index contributed by atoms with van der Waals surface area (Å²) in [5.74, 6) is 1.60. The molecule has 2 fully saturated rings. The van der Waals surface area contributed by atoms with Gasteiger partial charge < -0.3 is 14.5 Å². The molecule has 2 aromatic carbocycles. The van der Waals surface area contributed by atoms with E-state index in [1.165, 1.54) is 5.56 Å². The Morgan fingerprint density at radius 1 is 0.935 bits per heavy atom. The molecule has 2 amide bonds. The van der Waals surface area contributed by atoms with E-state index in [1.54, 1.807) is 6.92 Å². The molecule has 0 radical (unpaired) electrons. The SMILES string of the molecule is CC(=O)N1CCC(Cc2ccc(CN(C(=O)COc3ccccc3)C3CC3)cc2)CC1. The molecule has 2 aliphatic rings. The van der Waals surface area contributed by atoms with Gasteiger partial charge in [0.15, 0.2) is 6.61 Å². The zero-order valence-corrected chi connectivity index (χ0v) is 18.3. The van der Waals surface area contributed by atoms with Crippen LogP contribution in [-0.4, -0.2) is 47.4 Å². The molecule has 0 bridgehead atoms. The highest BCUT2D eigenvalue weighted by Gasteiger charge is 2.32. The number of carbonyl (C=O) groups excluding carboxylic acids is 2. The van der Waals surface area contributed by atoms with Crippen molar-refractivity contribution in [3.05, 3.63) is 65.7 Å². The van der Waals surface area contributed by atoms with Gasteiger partial charge in [0.2, 0.25) is 5.91 Å². The number of piperidine rings is 1. The van der Waals surface area contributed by atoms with Crippen molar-refractivity contribution >= 4 is 11.8 Å². The zero-order chi connectivity index (χ0) is 21.6. The topological polar surface area (TPSA) is 49.9 Å². The number of nitrogens with zero attached hydrogens (tertiary/aromatic N) is 2. The van der Waals surface area contributed by atoms with Crippen LogP contribution in [0.2, 0.25) is 0 Å². The predicted molar refractivity (Wildman–Crippen MR) is 121 cm³/mol. The molecule has 0 N–H and O–H groups in total. The average molecular weight is 421 g/mol. The maximum atomic E-state index is 12.8. The van der Waals surface area contributed by atoms with E-state index in [0.29, 0.717) is 18.5 Å². The lowest BCUT2D eigenvalue weighted by molar-refractivity contribution is -0.134. The lowest BCUT2D eigenvalue weighted by Crippen LogP contribution is -2.37. The molecule has 31 heavy (non-hydrogen) atoms. The molecule has 2 aromatic rings. The molecule has 5 nitrogen and oxygen atoms in total. The molecule has 0 atom stereocenters. The van der Waals surface area contributed by atoms with Crippen LogP contribution in [0.4, 0.5) is 0 Å². The van der Waals surface area contributed by atoms with Crippen molar-refractivity contribution in [1.82, 2.24) is 9.80 Å². The quantitative estimate of drug-likeness (QED) is 0.647. The molecule has 1 heterocycles. The van der Waals surface area contributed by atoms with Gasteiger partial charge in [-0.3, -0.25) is 9.59 Å². The Bertz CT molecular complexity index is 869. The van der Waals surface area contributed by atoms with Crippen LogP contribution in [0.25, 0.3) is 0 Å². The second-order valence-electron chi connectivity index (χ2n) is 8.82. The Balaban J connectivity index is 1.28. The van der Waals surface area contributed by atoms with Crippen LogP contribution in [-0.2, 0) is 22.6 Å². The summed E-state index contributed by atoms with van der Waals surface area (Å²) >= 11 is 0. The van der Waals surface area contributed by atoms with Crippen LogP contribution in [0, 0.1) is 5.92 Å². The largest absolute Gasteiger partial charge is 0.484 e. The number of hydrogen-bond acceptors (Lipinski definition) is 3. The summed E-state index contributed by atoms with van der Waals surface area (Å²) in [5, 5.41) is 0. The van der Waals surface area contributed by atoms with Crippen molar-refractivity contribution < 1.29 is 14.3 Å². The normalized spacial score (nSPS) is 16.7. The molecule has 4 rings (SSSR count). The third kappa shape index (κ3) is 6.09. The summed E-state index contributed by atoms with van der Waals surface area (Å²) in [5.41, 5.74) is 2.50. The number of likely N-dealkylation sites (tertiary alicyclic amines) is 1. The van der Waals surface area contributed by atoms with E-state index < -0.39 is 0 Å². The van der Waals surface area contributed by atoms with Gasteiger partial charge in [0.1, 0.15) is 5.75 Å². The molecule has 164 valence electrons. The first-order chi connectivity index (χ1) is 15.1. The maximum absolute atomic E-state index is 12.8. The fourth-order valence-electron chi connectivity index (χ4n) is 4.31. The van der Waals surface area contributed by atoms with Crippen LogP contribution < -0.4 is 4.74 Å². The summed E-state index contributed by atoms with van der Waals surface area (Å²) in [7, 11) is 0. The molecule has 0 aromatic heterocycles. The third-order valence-corrected chi connectivity index (χ3v) is 6.37. The lowest BCUT2D eigenvalue weighted by Gasteiger charge is -2.31. The third-order valence-electron chi connectivity index (χ3n) is 6.37. The minimum atomic E-state index is 0.0488. The van der Waals surface area contributed by atoms with Gasteiger partial charge >= 0.3 is 0 Å². The average Bonchev–Trinajstić information content (AvgIpc) is 3.63. The molecule has 0 unspecified atom stereocenters. The number of benzene rings is 2. The Kier molecular flexibility index (Phi) is 6.90. The van der Waals surface area contributed by atoms with Crippen LogP contribution in [0.15, 0.2) is 54.6 Å². The number of ether oxygens (including phenoxy) is 1. The summed E-state index contributed by atoms with van der Waals surface area (Å²) in [6.07, 6.45) is 5.36. The van der Waals surface area contributed by atoms with Crippen molar-refractivity contribution in [3.63, 3.8) is 0 Å². The smallest absolute Gasteiger partial charge is 0.261 e. The van der Waals surface area contributed by atoms with E-state index in [9.17, 15) is 9.59 Å². The van der Waals surface area contributed by atoms with Crippen molar-refractivity contribution in [2.75, 3.05) is 19.7 Å². The van der Waals surface area contributed by atoms with Gasteiger partial charge in [-0.2, -0.15) is 0 Å². The van der Waals surface area contributed by atoms with E-state index in [0.717, 1.165) is 56.5 Å². The highest BCUT2D eigenvalue weighted by Crippen LogP contribution is 2.29. The summed E-state index contributed by atoms with van der Waals surface area (Å²) in [6.45, 7) is 4.13. The summed E-state index contributed by atoms with van der Waals surface area (Å²) in [6, 6.07) is 18.5. The van der Waals surface area contributed by atoms with E-state index in [1.807, 2.05) is 40.1 Å². The highest BCUT2D eigenvalue weighted by molar-refractivity contribution is 5.78. The maximum Gasteiger partial charge on any atom is 0.261 e. The summed E-state index contributed by atoms with van der Waals surface area (Å²) in [4.78, 5) is 28.2. The number of amides is 2. The van der Waals surface area contributed by atoms with Crippen molar-refractivity contribution in [2.24, 2.45) is 5.92 Å². The van der Waals surface area contributed by atoms with Gasteiger partial charge in [-0.25, -0.2) is 0 Å². The molecular weight excluding hydrogens is 388 g/mol. The van der Waals surface area contributed by atoms with Crippen molar-refractivity contribution in [2.45, 2.75) is 51.6 Å². The fourth-order valence-corrected chi connectivity index (χ4v) is 4.31. The minimum absolute atomic E-state index is 0.0488. The molecule has 1 saturated carbocycles. The molecule has 1 aliphatic carbocycles. The van der Waals surface area contributed by atoms with Crippen molar-refractivity contribution in [3.8, 4) is 5.75 Å². The molecule has 1 aliphatic heterocycles. The number of rotatable bonds is 8. The Hall–Kier alpha value is -2.82. The number of para-hydroxylation sites is 1. The molecule has 1 saturated heterocycles. The Morgan fingerprint density at radius 2 is 1.58 bits per heavy atom. The second-order valence-corrected chi connectivity index (χ2v) is 8.82. The summed E-state index contributed by atoms with van der Waals surface area (Å²) < 4.78 is 5.67. The van der Waals surface area contributed by atoms with E-state index >= 15 is 0 Å². The number of hydrogen-bond donors (Lipinski definition) is 0. The van der Waals surface area contributed by atoms with Crippen LogP contribution in [0.5, 0.6) is 5.75 Å². The van der Waals surface area contributed by atoms with Gasteiger partial charge in [0.25, 0.3) is 5.91 Å². The predicted octanol–water partition coefficient (Wildman–Crippen LogP) is 4.06. The van der Waals surface area contributed by atoms with Crippen molar-refractivity contribution in [1.29, 1.82) is 0 Å². The monoisotopic (exact) mass is 420 g/mol. The van der Waals surface area contributed by atoms with E-state index in [-0.39, 0.29) is 18.4 Å². The zero-order valence-electron chi connectivity index (χ0n) is 18.3. The van der Waals surface area contributed by atoms with E-state index in [4.69, 9.17) is 4.74 Å². The minimum Gasteiger partial charge on any atom is -0.484 e. The standard InChI is InChI=1S/C26H32N2O3/c1-20(29)27-15-13-22(14-16-27)17-21-7-9-23(10-8-21)18-28(24-11-12-24)26(30)19-31-25-5-3-2-4-6-25/h2-10,22,24H,11-19H2,1H3. The first-order valence-corrected chi connectivity index (χ1v) is 11.4. The van der Waals surface area contributed by atoms with Gasteiger partial charge in [-0.05, 0) is 61.3 Å². The molecule has 0 spiro atoms. The van der Waals surface area contributed by atoms with Crippen LogP contribution in [0.1, 0.15) is 43.7 Å². The Labute approximate surface area is 185 Å². The number of carbonyl (C=O) groups is 2. The van der Waals surface area contributed by atoms with Gasteiger partial charge in [0.05, 0.1) is 0 Å².